The lowest BCUT2D eigenvalue weighted by Crippen LogP contribution is -2.28. The van der Waals surface area contributed by atoms with Gasteiger partial charge in [-0.15, -0.1) is 0 Å². The molecule has 3 heteroatoms. The summed E-state index contributed by atoms with van der Waals surface area (Å²) in [6, 6.07) is 0. The third-order valence-corrected chi connectivity index (χ3v) is 3.44. The zero-order chi connectivity index (χ0) is 10.3. The lowest BCUT2D eigenvalue weighted by Gasteiger charge is -2.23. The Labute approximate surface area is 83.8 Å². The molecule has 78 valence electrons. The van der Waals surface area contributed by atoms with E-state index in [9.17, 15) is 4.79 Å². The predicted molar refractivity (Wildman–Crippen MR) is 51.9 cm³/mol. The highest BCUT2D eigenvalue weighted by atomic mass is 16.5. The van der Waals surface area contributed by atoms with Crippen molar-refractivity contribution in [3.8, 4) is 0 Å². The van der Waals surface area contributed by atoms with Crippen LogP contribution >= 0.6 is 0 Å². The van der Waals surface area contributed by atoms with Crippen molar-refractivity contribution in [2.45, 2.75) is 25.9 Å². The molecule has 2 aliphatic rings. The Morgan fingerprint density at radius 2 is 2.29 bits per heavy atom. The van der Waals surface area contributed by atoms with Gasteiger partial charge >= 0.3 is 5.97 Å². The van der Waals surface area contributed by atoms with Crippen LogP contribution in [-0.4, -0.2) is 23.3 Å². The van der Waals surface area contributed by atoms with E-state index in [2.05, 4.69) is 19.9 Å². The molecule has 0 spiro atoms. The molecule has 0 amide bonds. The minimum Gasteiger partial charge on any atom is -0.481 e. The van der Waals surface area contributed by atoms with Crippen molar-refractivity contribution < 1.29 is 14.6 Å². The van der Waals surface area contributed by atoms with Crippen LogP contribution in [0.25, 0.3) is 0 Å². The van der Waals surface area contributed by atoms with Crippen LogP contribution in [0.2, 0.25) is 0 Å². The zero-order valence-electron chi connectivity index (χ0n) is 8.56. The van der Waals surface area contributed by atoms with Gasteiger partial charge in [0.1, 0.15) is 0 Å². The molecule has 3 atom stereocenters. The highest BCUT2D eigenvalue weighted by Gasteiger charge is 2.47. The monoisotopic (exact) mass is 196 g/mol. The van der Waals surface area contributed by atoms with E-state index in [0.717, 1.165) is 0 Å². The molecule has 1 saturated heterocycles. The number of hydrogen-bond donors (Lipinski definition) is 1. The van der Waals surface area contributed by atoms with E-state index in [4.69, 9.17) is 9.84 Å². The predicted octanol–water partition coefficient (Wildman–Crippen LogP) is 1.69. The van der Waals surface area contributed by atoms with E-state index in [1.807, 2.05) is 6.08 Å². The van der Waals surface area contributed by atoms with Crippen molar-refractivity contribution in [3.05, 3.63) is 12.2 Å². The van der Waals surface area contributed by atoms with Crippen LogP contribution in [0, 0.1) is 17.8 Å². The SMILES string of the molecule is CC1(C)OCC2C(CC(=O)O)C=CC21. The van der Waals surface area contributed by atoms with Gasteiger partial charge < -0.3 is 9.84 Å². The molecule has 2 rings (SSSR count). The number of carboxylic acids is 1. The summed E-state index contributed by atoms with van der Waals surface area (Å²) >= 11 is 0. The first-order chi connectivity index (χ1) is 6.50. The van der Waals surface area contributed by atoms with E-state index in [0.29, 0.717) is 18.4 Å². The van der Waals surface area contributed by atoms with Gasteiger partial charge in [-0.05, 0) is 25.7 Å². The smallest absolute Gasteiger partial charge is 0.303 e. The van der Waals surface area contributed by atoms with E-state index in [-0.39, 0.29) is 17.9 Å². The second-order valence-corrected chi connectivity index (χ2v) is 4.75. The normalized spacial score (nSPS) is 38.6. The molecule has 0 aromatic carbocycles. The van der Waals surface area contributed by atoms with Crippen LogP contribution in [-0.2, 0) is 9.53 Å². The van der Waals surface area contributed by atoms with Crippen molar-refractivity contribution >= 4 is 5.97 Å². The molecule has 1 fully saturated rings. The number of allylic oxidation sites excluding steroid dienone is 1. The van der Waals surface area contributed by atoms with Gasteiger partial charge in [0.15, 0.2) is 0 Å². The Balaban J connectivity index is 2.09. The van der Waals surface area contributed by atoms with Crippen molar-refractivity contribution in [2.24, 2.45) is 17.8 Å². The Hall–Kier alpha value is -0.830. The van der Waals surface area contributed by atoms with Crippen LogP contribution in [0.15, 0.2) is 12.2 Å². The maximum Gasteiger partial charge on any atom is 0.303 e. The number of carbonyl (C=O) groups is 1. The van der Waals surface area contributed by atoms with Crippen LogP contribution in [0.3, 0.4) is 0 Å². The molecular formula is C11H16O3. The van der Waals surface area contributed by atoms with Gasteiger partial charge in [0.25, 0.3) is 0 Å². The Bertz CT molecular complexity index is 280. The standard InChI is InChI=1S/C11H16O3/c1-11(2)9-4-3-7(5-10(12)13)8(9)6-14-11/h3-4,7-9H,5-6H2,1-2H3,(H,12,13). The second-order valence-electron chi connectivity index (χ2n) is 4.75. The largest absolute Gasteiger partial charge is 0.481 e. The van der Waals surface area contributed by atoms with Crippen LogP contribution in [0.1, 0.15) is 20.3 Å². The number of ether oxygens (including phenoxy) is 1. The summed E-state index contributed by atoms with van der Waals surface area (Å²) in [5.74, 6) is 0.220. The number of rotatable bonds is 2. The van der Waals surface area contributed by atoms with Gasteiger partial charge in [0, 0.05) is 5.92 Å². The Morgan fingerprint density at radius 3 is 2.93 bits per heavy atom. The molecule has 0 bridgehead atoms. The van der Waals surface area contributed by atoms with Crippen LogP contribution < -0.4 is 0 Å². The third-order valence-electron chi connectivity index (χ3n) is 3.44. The highest BCUT2D eigenvalue weighted by molar-refractivity contribution is 5.67. The van der Waals surface area contributed by atoms with E-state index in [1.165, 1.54) is 0 Å². The zero-order valence-corrected chi connectivity index (χ0v) is 8.56. The summed E-state index contributed by atoms with van der Waals surface area (Å²) < 4.78 is 5.67. The minimum atomic E-state index is -0.718. The molecule has 1 aliphatic carbocycles. The average molecular weight is 196 g/mol. The van der Waals surface area contributed by atoms with Gasteiger partial charge in [-0.2, -0.15) is 0 Å². The molecule has 1 heterocycles. The molecular weight excluding hydrogens is 180 g/mol. The summed E-state index contributed by atoms with van der Waals surface area (Å²) in [5, 5.41) is 8.75. The Kier molecular flexibility index (Phi) is 2.14. The maximum absolute atomic E-state index is 10.6. The lowest BCUT2D eigenvalue weighted by molar-refractivity contribution is -0.138. The van der Waals surface area contributed by atoms with Crippen molar-refractivity contribution in [1.82, 2.24) is 0 Å². The van der Waals surface area contributed by atoms with Gasteiger partial charge in [-0.3, -0.25) is 4.79 Å². The molecule has 0 aromatic rings. The number of carboxylic acid groups (broad SMARTS) is 1. The topological polar surface area (TPSA) is 46.5 Å². The van der Waals surface area contributed by atoms with Crippen molar-refractivity contribution in [3.63, 3.8) is 0 Å². The van der Waals surface area contributed by atoms with Crippen LogP contribution in [0.5, 0.6) is 0 Å². The van der Waals surface area contributed by atoms with Gasteiger partial charge in [0.2, 0.25) is 0 Å². The first kappa shape index (κ1) is 9.71. The summed E-state index contributed by atoms with van der Waals surface area (Å²) in [6.45, 7) is 4.85. The second kappa shape index (κ2) is 3.09. The first-order valence-corrected chi connectivity index (χ1v) is 5.05. The average Bonchev–Trinajstić information content (AvgIpc) is 2.55. The van der Waals surface area contributed by atoms with E-state index < -0.39 is 5.97 Å². The summed E-state index contributed by atoms with van der Waals surface area (Å²) in [5.41, 5.74) is -0.117. The van der Waals surface area contributed by atoms with E-state index in [1.54, 1.807) is 0 Å². The lowest BCUT2D eigenvalue weighted by atomic mass is 9.81. The third kappa shape index (κ3) is 1.46. The van der Waals surface area contributed by atoms with Crippen molar-refractivity contribution in [2.75, 3.05) is 6.61 Å². The molecule has 3 nitrogen and oxygen atoms in total. The summed E-state index contributed by atoms with van der Waals surface area (Å²) in [4.78, 5) is 10.6. The van der Waals surface area contributed by atoms with Gasteiger partial charge in [0.05, 0.1) is 18.6 Å². The summed E-state index contributed by atoms with van der Waals surface area (Å²) in [6.07, 6.45) is 4.41. The number of hydrogen-bond acceptors (Lipinski definition) is 2. The van der Waals surface area contributed by atoms with Gasteiger partial charge in [-0.25, -0.2) is 0 Å². The molecule has 14 heavy (non-hydrogen) atoms. The fraction of sp³-hybridized carbons (Fsp3) is 0.727. The molecule has 1 N–H and O–H groups in total. The molecule has 0 radical (unpaired) electrons. The molecule has 0 saturated carbocycles. The molecule has 0 aromatic heterocycles. The quantitative estimate of drug-likeness (QED) is 0.683. The molecule has 3 unspecified atom stereocenters. The maximum atomic E-state index is 10.6. The van der Waals surface area contributed by atoms with Crippen LogP contribution in [0.4, 0.5) is 0 Å². The number of aliphatic carboxylic acids is 1. The van der Waals surface area contributed by atoms with Gasteiger partial charge in [-0.1, -0.05) is 12.2 Å². The Morgan fingerprint density at radius 1 is 1.57 bits per heavy atom. The van der Waals surface area contributed by atoms with E-state index >= 15 is 0 Å². The molecule has 1 aliphatic heterocycles. The summed E-state index contributed by atoms with van der Waals surface area (Å²) in [7, 11) is 0. The minimum absolute atomic E-state index is 0.117. The first-order valence-electron chi connectivity index (χ1n) is 5.05. The van der Waals surface area contributed by atoms with Crippen molar-refractivity contribution in [1.29, 1.82) is 0 Å². The fourth-order valence-corrected chi connectivity index (χ4v) is 2.62. The number of fused-ring (bicyclic) bond motifs is 1. The fourth-order valence-electron chi connectivity index (χ4n) is 2.62. The highest BCUT2D eigenvalue weighted by Crippen LogP contribution is 2.46.